The van der Waals surface area contributed by atoms with E-state index in [9.17, 15) is 14.4 Å². The fraction of sp³-hybridized carbons (Fsp3) is 0.533. The van der Waals surface area contributed by atoms with Gasteiger partial charge in [0.25, 0.3) is 0 Å². The van der Waals surface area contributed by atoms with E-state index in [2.05, 4.69) is 4.98 Å². The summed E-state index contributed by atoms with van der Waals surface area (Å²) in [7, 11) is 0. The molecule has 0 aliphatic carbocycles. The Morgan fingerprint density at radius 2 is 1.95 bits per heavy atom. The molecule has 1 fully saturated rings. The van der Waals surface area contributed by atoms with Gasteiger partial charge < -0.3 is 19.2 Å². The second kappa shape index (κ2) is 6.21. The van der Waals surface area contributed by atoms with E-state index in [4.69, 9.17) is 14.2 Å². The number of hydrogen-bond acceptors (Lipinski definition) is 6. The van der Waals surface area contributed by atoms with Gasteiger partial charge in [0, 0.05) is 12.1 Å². The van der Waals surface area contributed by atoms with Gasteiger partial charge in [-0.3, -0.25) is 0 Å². The molecule has 1 saturated heterocycles. The van der Waals surface area contributed by atoms with Crippen molar-refractivity contribution in [2.24, 2.45) is 0 Å². The average molecular weight is 309 g/mol. The summed E-state index contributed by atoms with van der Waals surface area (Å²) in [4.78, 5) is 38.4. The van der Waals surface area contributed by atoms with E-state index in [1.165, 1.54) is 0 Å². The molecule has 0 saturated carbocycles. The number of carbonyl (C=O) groups excluding carboxylic acids is 3. The Morgan fingerprint density at radius 3 is 2.50 bits per heavy atom. The number of aryl methyl sites for hydroxylation is 1. The third-order valence-electron chi connectivity index (χ3n) is 3.33. The van der Waals surface area contributed by atoms with E-state index in [1.54, 1.807) is 27.7 Å². The van der Waals surface area contributed by atoms with Crippen molar-refractivity contribution in [3.63, 3.8) is 0 Å². The van der Waals surface area contributed by atoms with Crippen LogP contribution in [0.3, 0.4) is 0 Å². The molecule has 0 amide bonds. The lowest BCUT2D eigenvalue weighted by molar-refractivity contribution is -0.145. The summed E-state index contributed by atoms with van der Waals surface area (Å²) < 4.78 is 15.0. The maximum absolute atomic E-state index is 12.2. The Balaban J connectivity index is 2.20. The summed E-state index contributed by atoms with van der Waals surface area (Å²) in [5.41, 5.74) is 1.42. The molecule has 1 aliphatic rings. The van der Waals surface area contributed by atoms with Gasteiger partial charge in [-0.15, -0.1) is 0 Å². The summed E-state index contributed by atoms with van der Waals surface area (Å²) in [5, 5.41) is 0. The number of rotatable bonds is 4. The zero-order chi connectivity index (χ0) is 16.4. The molecule has 1 aromatic heterocycles. The average Bonchev–Trinajstić information content (AvgIpc) is 2.93. The normalized spacial score (nSPS) is 17.5. The Morgan fingerprint density at radius 1 is 1.27 bits per heavy atom. The van der Waals surface area contributed by atoms with Crippen LogP contribution in [0.25, 0.3) is 0 Å². The van der Waals surface area contributed by atoms with E-state index in [0.29, 0.717) is 23.2 Å². The largest absolute Gasteiger partial charge is 0.463 e. The maximum atomic E-state index is 12.2. The number of carbonyl (C=O) groups is 3. The van der Waals surface area contributed by atoms with Crippen molar-refractivity contribution in [1.82, 2.24) is 4.98 Å². The van der Waals surface area contributed by atoms with Crippen LogP contribution in [0.2, 0.25) is 0 Å². The lowest BCUT2D eigenvalue weighted by Gasteiger charge is -2.09. The number of aromatic nitrogens is 1. The summed E-state index contributed by atoms with van der Waals surface area (Å²) >= 11 is 0. The van der Waals surface area contributed by atoms with Gasteiger partial charge in [-0.05, 0) is 33.3 Å². The predicted molar refractivity (Wildman–Crippen MR) is 75.6 cm³/mol. The fourth-order valence-electron chi connectivity index (χ4n) is 2.31. The molecule has 0 unspecified atom stereocenters. The first-order chi connectivity index (χ1) is 10.3. The van der Waals surface area contributed by atoms with Crippen LogP contribution in [0.5, 0.6) is 0 Å². The molecule has 0 radical (unpaired) electrons. The smallest absolute Gasteiger partial charge is 0.355 e. The first-order valence-electron chi connectivity index (χ1n) is 7.09. The summed E-state index contributed by atoms with van der Waals surface area (Å²) in [6, 6.07) is 0. The van der Waals surface area contributed by atoms with Crippen molar-refractivity contribution in [3.05, 3.63) is 22.5 Å². The molecule has 0 bridgehead atoms. The molecule has 1 aromatic rings. The number of esters is 3. The highest BCUT2D eigenvalue weighted by Gasteiger charge is 2.32. The van der Waals surface area contributed by atoms with Gasteiger partial charge in [-0.25, -0.2) is 14.4 Å². The van der Waals surface area contributed by atoms with Crippen molar-refractivity contribution >= 4 is 17.9 Å². The summed E-state index contributed by atoms with van der Waals surface area (Å²) in [5.74, 6) is -1.73. The Hall–Kier alpha value is -2.31. The van der Waals surface area contributed by atoms with Gasteiger partial charge in [0.1, 0.15) is 5.69 Å². The van der Waals surface area contributed by atoms with Crippen LogP contribution in [0.4, 0.5) is 0 Å². The van der Waals surface area contributed by atoms with E-state index >= 15 is 0 Å². The van der Waals surface area contributed by atoms with E-state index < -0.39 is 24.0 Å². The van der Waals surface area contributed by atoms with Gasteiger partial charge in [0.05, 0.1) is 18.3 Å². The van der Waals surface area contributed by atoms with Crippen LogP contribution >= 0.6 is 0 Å². The van der Waals surface area contributed by atoms with Gasteiger partial charge >= 0.3 is 17.9 Å². The molecule has 2 rings (SSSR count). The van der Waals surface area contributed by atoms with Gasteiger partial charge in [-0.1, -0.05) is 0 Å². The molecular weight excluding hydrogens is 290 g/mol. The molecule has 0 spiro atoms. The number of cyclic esters (lactones) is 1. The first-order valence-corrected chi connectivity index (χ1v) is 7.09. The highest BCUT2D eigenvalue weighted by atomic mass is 16.6. The first kappa shape index (κ1) is 16.1. The van der Waals surface area contributed by atoms with Crippen LogP contribution in [-0.4, -0.2) is 41.7 Å². The SMILES string of the molecule is Cc1[nH]c(C(=O)O[C@H]2CCOC2=O)c(C)c1C(=O)OC(C)C. The van der Waals surface area contributed by atoms with Crippen molar-refractivity contribution in [1.29, 1.82) is 0 Å². The monoisotopic (exact) mass is 309 g/mol. The van der Waals surface area contributed by atoms with Crippen molar-refractivity contribution in [2.75, 3.05) is 6.61 Å². The minimum absolute atomic E-state index is 0.146. The zero-order valence-corrected chi connectivity index (χ0v) is 13.0. The quantitative estimate of drug-likeness (QED) is 0.671. The summed E-state index contributed by atoms with van der Waals surface area (Å²) in [6.07, 6.45) is -0.808. The molecule has 1 atom stereocenters. The van der Waals surface area contributed by atoms with Crippen LogP contribution in [0, 0.1) is 13.8 Å². The Labute approximate surface area is 127 Å². The Kier molecular flexibility index (Phi) is 4.54. The number of H-pyrrole nitrogens is 1. The molecule has 0 aromatic carbocycles. The minimum atomic E-state index is -0.887. The third-order valence-corrected chi connectivity index (χ3v) is 3.33. The number of aromatic amines is 1. The van der Waals surface area contributed by atoms with E-state index in [0.717, 1.165) is 0 Å². The molecule has 1 N–H and O–H groups in total. The van der Waals surface area contributed by atoms with Crippen LogP contribution < -0.4 is 0 Å². The lowest BCUT2D eigenvalue weighted by Crippen LogP contribution is -2.23. The number of ether oxygens (including phenoxy) is 3. The third kappa shape index (κ3) is 3.13. The van der Waals surface area contributed by atoms with Crippen molar-refractivity contribution < 1.29 is 28.6 Å². The van der Waals surface area contributed by atoms with E-state index in [1.807, 2.05) is 0 Å². The topological polar surface area (TPSA) is 94.7 Å². The van der Waals surface area contributed by atoms with Crippen LogP contribution in [0.1, 0.15) is 52.4 Å². The van der Waals surface area contributed by atoms with Gasteiger partial charge in [0.2, 0.25) is 6.10 Å². The molecule has 120 valence electrons. The second-order valence-electron chi connectivity index (χ2n) is 5.43. The molecular formula is C15H19NO6. The van der Waals surface area contributed by atoms with E-state index in [-0.39, 0.29) is 18.4 Å². The standard InChI is InChI=1S/C15H19NO6/c1-7(2)21-14(18)11-8(3)12(16-9(11)4)15(19)22-10-5-6-20-13(10)17/h7,10,16H,5-6H2,1-4H3/t10-/m0/s1. The number of nitrogens with one attached hydrogen (secondary N) is 1. The van der Waals surface area contributed by atoms with Crippen LogP contribution in [0.15, 0.2) is 0 Å². The van der Waals surface area contributed by atoms with Crippen LogP contribution in [-0.2, 0) is 19.0 Å². The van der Waals surface area contributed by atoms with Crippen molar-refractivity contribution in [3.8, 4) is 0 Å². The molecule has 22 heavy (non-hydrogen) atoms. The zero-order valence-electron chi connectivity index (χ0n) is 13.0. The van der Waals surface area contributed by atoms with Crippen molar-refractivity contribution in [2.45, 2.75) is 46.3 Å². The predicted octanol–water partition coefficient (Wildman–Crippen LogP) is 1.67. The molecule has 7 nitrogen and oxygen atoms in total. The molecule has 7 heteroatoms. The Bertz CT molecular complexity index is 616. The minimum Gasteiger partial charge on any atom is -0.463 e. The number of hydrogen-bond donors (Lipinski definition) is 1. The van der Waals surface area contributed by atoms with Gasteiger partial charge in [-0.2, -0.15) is 0 Å². The summed E-state index contributed by atoms with van der Waals surface area (Å²) in [6.45, 7) is 7.03. The van der Waals surface area contributed by atoms with Gasteiger partial charge in [0.15, 0.2) is 0 Å². The maximum Gasteiger partial charge on any atom is 0.355 e. The fourth-order valence-corrected chi connectivity index (χ4v) is 2.31. The highest BCUT2D eigenvalue weighted by molar-refractivity contribution is 5.99. The second-order valence-corrected chi connectivity index (χ2v) is 5.43. The lowest BCUT2D eigenvalue weighted by atomic mass is 10.1. The molecule has 2 heterocycles. The highest BCUT2D eigenvalue weighted by Crippen LogP contribution is 2.22. The molecule has 1 aliphatic heterocycles.